The van der Waals surface area contributed by atoms with E-state index in [9.17, 15) is 5.11 Å². The van der Waals surface area contributed by atoms with Crippen LogP contribution in [0.3, 0.4) is 0 Å². The second-order valence-electron chi connectivity index (χ2n) is 5.73. The van der Waals surface area contributed by atoms with E-state index in [2.05, 4.69) is 10.2 Å². The van der Waals surface area contributed by atoms with Crippen molar-refractivity contribution in [2.45, 2.75) is 13.5 Å². The van der Waals surface area contributed by atoms with Crippen molar-refractivity contribution in [2.75, 3.05) is 13.7 Å². The molecule has 8 heteroatoms. The molecular formula is C19H20N4O3S. The topological polar surface area (TPSA) is 94.4 Å². The number of hydrogen-bond acceptors (Lipinski definition) is 5. The van der Waals surface area contributed by atoms with Gasteiger partial charge in [-0.3, -0.25) is 0 Å². The average molecular weight is 384 g/mol. The Kier molecular flexibility index (Phi) is 5.56. The number of thiocarbonyl (C=S) groups is 1. The standard InChI is InChI=1S/C19H20N4O3S/c1-3-26-15-9-8-12(10-16(15)25-2)11-23-14-7-5-4-6-13(14)17(18(23)24)21-22-19(20)27/h4-10,24H,3,11H2,1-2H3,(H2,20,27). The van der Waals surface area contributed by atoms with Gasteiger partial charge in [0.1, 0.15) is 0 Å². The molecule has 0 spiro atoms. The van der Waals surface area contributed by atoms with Crippen molar-refractivity contribution in [3.05, 3.63) is 48.0 Å². The molecule has 2 aromatic carbocycles. The van der Waals surface area contributed by atoms with Gasteiger partial charge in [-0.05, 0) is 42.9 Å². The lowest BCUT2D eigenvalue weighted by Crippen LogP contribution is -2.01. The number of nitrogens with zero attached hydrogens (tertiary/aromatic N) is 3. The molecule has 3 aromatic rings. The quantitative estimate of drug-likeness (QED) is 0.492. The van der Waals surface area contributed by atoms with Crippen LogP contribution in [0.4, 0.5) is 5.69 Å². The summed E-state index contributed by atoms with van der Waals surface area (Å²) in [5.41, 5.74) is 7.48. The average Bonchev–Trinajstić information content (AvgIpc) is 2.93. The van der Waals surface area contributed by atoms with E-state index in [0.29, 0.717) is 30.3 Å². The van der Waals surface area contributed by atoms with Gasteiger partial charge in [-0.1, -0.05) is 24.3 Å². The fraction of sp³-hybridized carbons (Fsp3) is 0.211. The van der Waals surface area contributed by atoms with E-state index < -0.39 is 0 Å². The first-order valence-electron chi connectivity index (χ1n) is 8.36. The highest BCUT2D eigenvalue weighted by molar-refractivity contribution is 7.80. The Hall–Kier alpha value is -3.13. The lowest BCUT2D eigenvalue weighted by Gasteiger charge is -2.12. The van der Waals surface area contributed by atoms with Crippen molar-refractivity contribution in [2.24, 2.45) is 16.0 Å². The van der Waals surface area contributed by atoms with Gasteiger partial charge in [-0.15, -0.1) is 10.2 Å². The highest BCUT2D eigenvalue weighted by Crippen LogP contribution is 2.39. The lowest BCUT2D eigenvalue weighted by atomic mass is 10.2. The van der Waals surface area contributed by atoms with Gasteiger partial charge in [-0.2, -0.15) is 0 Å². The van der Waals surface area contributed by atoms with Gasteiger partial charge in [-0.25, -0.2) is 0 Å². The molecule has 0 aliphatic carbocycles. The second kappa shape index (κ2) is 8.05. The molecule has 3 N–H and O–H groups in total. The molecule has 0 fully saturated rings. The first-order valence-corrected chi connectivity index (χ1v) is 8.77. The van der Waals surface area contributed by atoms with Gasteiger partial charge in [0.2, 0.25) is 11.0 Å². The van der Waals surface area contributed by atoms with Crippen molar-refractivity contribution in [3.63, 3.8) is 0 Å². The van der Waals surface area contributed by atoms with Crippen molar-refractivity contribution in [3.8, 4) is 17.4 Å². The molecule has 1 aromatic heterocycles. The summed E-state index contributed by atoms with van der Waals surface area (Å²) in [7, 11) is 1.60. The zero-order valence-corrected chi connectivity index (χ0v) is 15.9. The third kappa shape index (κ3) is 3.85. The van der Waals surface area contributed by atoms with E-state index in [-0.39, 0.29) is 11.0 Å². The van der Waals surface area contributed by atoms with Gasteiger partial charge >= 0.3 is 0 Å². The maximum Gasteiger partial charge on any atom is 0.221 e. The van der Waals surface area contributed by atoms with Crippen LogP contribution in [0.25, 0.3) is 10.9 Å². The van der Waals surface area contributed by atoms with E-state index in [1.165, 1.54) is 0 Å². The molecule has 0 saturated heterocycles. The summed E-state index contributed by atoms with van der Waals surface area (Å²) in [6.07, 6.45) is 0. The molecular weight excluding hydrogens is 364 g/mol. The van der Waals surface area contributed by atoms with Gasteiger partial charge in [0.15, 0.2) is 17.2 Å². The summed E-state index contributed by atoms with van der Waals surface area (Å²) in [5, 5.41) is 19.1. The maximum atomic E-state index is 10.7. The number of methoxy groups -OCH3 is 1. The highest BCUT2D eigenvalue weighted by Gasteiger charge is 2.17. The summed E-state index contributed by atoms with van der Waals surface area (Å²) < 4.78 is 12.7. The molecule has 1 heterocycles. The van der Waals surface area contributed by atoms with Crippen LogP contribution in [0.15, 0.2) is 52.7 Å². The van der Waals surface area contributed by atoms with E-state index in [1.54, 1.807) is 11.7 Å². The zero-order valence-electron chi connectivity index (χ0n) is 15.0. The predicted octanol–water partition coefficient (Wildman–Crippen LogP) is 4.13. The van der Waals surface area contributed by atoms with Gasteiger partial charge in [0.25, 0.3) is 0 Å². The van der Waals surface area contributed by atoms with Crippen LogP contribution < -0.4 is 15.2 Å². The number of aromatic nitrogens is 1. The van der Waals surface area contributed by atoms with E-state index >= 15 is 0 Å². The first-order chi connectivity index (χ1) is 13.0. The second-order valence-corrected chi connectivity index (χ2v) is 6.15. The number of benzene rings is 2. The van der Waals surface area contributed by atoms with Crippen molar-refractivity contribution in [1.29, 1.82) is 0 Å². The van der Waals surface area contributed by atoms with Crippen LogP contribution in [-0.4, -0.2) is 28.5 Å². The minimum Gasteiger partial charge on any atom is -0.493 e. The fourth-order valence-corrected chi connectivity index (χ4v) is 2.94. The number of para-hydroxylation sites is 1. The summed E-state index contributed by atoms with van der Waals surface area (Å²) in [6, 6.07) is 13.2. The van der Waals surface area contributed by atoms with Crippen LogP contribution in [0.5, 0.6) is 17.4 Å². The molecule has 7 nitrogen and oxygen atoms in total. The van der Waals surface area contributed by atoms with Gasteiger partial charge in [0, 0.05) is 5.39 Å². The molecule has 0 saturated carbocycles. The molecule has 0 bridgehead atoms. The Bertz CT molecular complexity index is 1010. The van der Waals surface area contributed by atoms with E-state index in [4.69, 9.17) is 27.4 Å². The Balaban J connectivity index is 2.05. The minimum atomic E-state index is -0.0949. The Morgan fingerprint density at radius 1 is 1.22 bits per heavy atom. The minimum absolute atomic E-state index is 0.0101. The molecule has 27 heavy (non-hydrogen) atoms. The smallest absolute Gasteiger partial charge is 0.221 e. The Labute approximate surface area is 162 Å². The predicted molar refractivity (Wildman–Crippen MR) is 108 cm³/mol. The summed E-state index contributed by atoms with van der Waals surface area (Å²) in [5.74, 6) is 1.30. The summed E-state index contributed by atoms with van der Waals surface area (Å²) >= 11 is 4.74. The normalized spacial score (nSPS) is 11.2. The number of aromatic hydroxyl groups is 1. The maximum absolute atomic E-state index is 10.7. The molecule has 0 atom stereocenters. The van der Waals surface area contributed by atoms with Crippen LogP contribution in [0.1, 0.15) is 12.5 Å². The molecule has 3 rings (SSSR count). The monoisotopic (exact) mass is 384 g/mol. The summed E-state index contributed by atoms with van der Waals surface area (Å²) in [6.45, 7) is 2.88. The molecule has 0 amide bonds. The molecule has 0 aliphatic heterocycles. The van der Waals surface area contributed by atoms with Crippen LogP contribution >= 0.6 is 12.2 Å². The third-order valence-electron chi connectivity index (χ3n) is 4.03. The highest BCUT2D eigenvalue weighted by atomic mass is 32.1. The van der Waals surface area contributed by atoms with Crippen molar-refractivity contribution >= 4 is 33.9 Å². The Morgan fingerprint density at radius 2 is 2.00 bits per heavy atom. The van der Waals surface area contributed by atoms with Crippen LogP contribution in [0, 0.1) is 0 Å². The lowest BCUT2D eigenvalue weighted by molar-refractivity contribution is 0.310. The summed E-state index contributed by atoms with van der Waals surface area (Å²) in [4.78, 5) is 0. The number of hydrogen-bond donors (Lipinski definition) is 2. The van der Waals surface area contributed by atoms with Gasteiger partial charge in [0.05, 0.1) is 25.8 Å². The number of nitrogens with two attached hydrogens (primary N) is 1. The molecule has 0 aliphatic rings. The van der Waals surface area contributed by atoms with E-state index in [1.807, 2.05) is 49.4 Å². The van der Waals surface area contributed by atoms with Crippen LogP contribution in [-0.2, 0) is 6.54 Å². The van der Waals surface area contributed by atoms with Gasteiger partial charge < -0.3 is 24.9 Å². The zero-order chi connectivity index (χ0) is 19.4. The molecule has 0 radical (unpaired) electrons. The first kappa shape index (κ1) is 18.7. The van der Waals surface area contributed by atoms with Crippen molar-refractivity contribution < 1.29 is 14.6 Å². The molecule has 140 valence electrons. The third-order valence-corrected chi connectivity index (χ3v) is 4.12. The van der Waals surface area contributed by atoms with Crippen LogP contribution in [0.2, 0.25) is 0 Å². The number of azo groups is 1. The Morgan fingerprint density at radius 3 is 2.70 bits per heavy atom. The number of ether oxygens (including phenoxy) is 2. The van der Waals surface area contributed by atoms with Crippen molar-refractivity contribution in [1.82, 2.24) is 4.57 Å². The fourth-order valence-electron chi connectivity index (χ4n) is 2.90. The van der Waals surface area contributed by atoms with E-state index in [0.717, 1.165) is 16.5 Å². The number of rotatable bonds is 6. The largest absolute Gasteiger partial charge is 0.493 e. The molecule has 0 unspecified atom stereocenters. The SMILES string of the molecule is CCOc1ccc(Cn2c(O)c(N=NC(N)=S)c3ccccc32)cc1OC. The number of fused-ring (bicyclic) bond motifs is 1.